The molecule has 8 nitrogen and oxygen atoms in total. The second kappa shape index (κ2) is 9.08. The number of nitrogens with one attached hydrogen (secondary N) is 1. The number of hydrogen-bond acceptors (Lipinski definition) is 7. The van der Waals surface area contributed by atoms with E-state index in [1.807, 2.05) is 0 Å². The molecule has 3 rings (SSSR count). The van der Waals surface area contributed by atoms with Crippen LogP contribution in [-0.4, -0.2) is 37.6 Å². The summed E-state index contributed by atoms with van der Waals surface area (Å²) in [5.41, 5.74) is 0. The third kappa shape index (κ3) is 4.89. The van der Waals surface area contributed by atoms with Crippen LogP contribution in [-0.2, 0) is 19.9 Å². The molecule has 31 heavy (non-hydrogen) atoms. The third-order valence-corrected chi connectivity index (χ3v) is 8.02. The van der Waals surface area contributed by atoms with E-state index in [-0.39, 0.29) is 27.1 Å². The van der Waals surface area contributed by atoms with Gasteiger partial charge in [0.25, 0.3) is 0 Å². The smallest absolute Gasteiger partial charge is 0.244 e. The maximum absolute atomic E-state index is 13.2. The summed E-state index contributed by atoms with van der Waals surface area (Å²) in [6.07, 6.45) is 1.28. The first-order chi connectivity index (χ1) is 14.7. The van der Waals surface area contributed by atoms with Crippen molar-refractivity contribution in [3.63, 3.8) is 0 Å². The van der Waals surface area contributed by atoms with Crippen LogP contribution in [0.15, 0.2) is 75.1 Å². The minimum atomic E-state index is -4.19. The number of hydrogen-bond donors (Lipinski definition) is 1. The van der Waals surface area contributed by atoms with Crippen molar-refractivity contribution in [2.45, 2.75) is 15.0 Å². The van der Waals surface area contributed by atoms with Crippen LogP contribution in [0.1, 0.15) is 11.0 Å². The molecular formula is C20H20FNO7S2. The van der Waals surface area contributed by atoms with Crippen molar-refractivity contribution in [2.24, 2.45) is 0 Å². The first-order valence-corrected chi connectivity index (χ1v) is 12.0. The molecule has 0 fully saturated rings. The van der Waals surface area contributed by atoms with E-state index >= 15 is 0 Å². The lowest BCUT2D eigenvalue weighted by atomic mass is 10.3. The quantitative estimate of drug-likeness (QED) is 0.480. The van der Waals surface area contributed by atoms with Crippen molar-refractivity contribution in [3.8, 4) is 11.5 Å². The van der Waals surface area contributed by atoms with Gasteiger partial charge in [-0.3, -0.25) is 0 Å². The fourth-order valence-electron chi connectivity index (χ4n) is 2.88. The molecule has 0 aliphatic heterocycles. The molecule has 0 saturated heterocycles. The van der Waals surface area contributed by atoms with Gasteiger partial charge in [-0.2, -0.15) is 0 Å². The van der Waals surface area contributed by atoms with Gasteiger partial charge >= 0.3 is 0 Å². The van der Waals surface area contributed by atoms with Gasteiger partial charge in [-0.05, 0) is 48.5 Å². The molecule has 0 bridgehead atoms. The molecule has 1 N–H and O–H groups in total. The van der Waals surface area contributed by atoms with E-state index in [0.717, 1.165) is 24.3 Å². The van der Waals surface area contributed by atoms with Crippen LogP contribution in [0.5, 0.6) is 11.5 Å². The summed E-state index contributed by atoms with van der Waals surface area (Å²) < 4.78 is 83.2. The number of halogens is 1. The zero-order valence-electron chi connectivity index (χ0n) is 16.6. The number of sulfone groups is 1. The first kappa shape index (κ1) is 22.8. The number of ether oxygens (including phenoxy) is 2. The topological polar surface area (TPSA) is 112 Å². The third-order valence-electron chi connectivity index (χ3n) is 4.50. The molecule has 1 aromatic heterocycles. The Morgan fingerprint density at radius 3 is 2.29 bits per heavy atom. The average Bonchev–Trinajstić information content (AvgIpc) is 3.27. The summed E-state index contributed by atoms with van der Waals surface area (Å²) in [6, 6.07) is 11.4. The van der Waals surface area contributed by atoms with Crippen LogP contribution in [0.25, 0.3) is 0 Å². The average molecular weight is 470 g/mol. The van der Waals surface area contributed by atoms with Crippen LogP contribution in [0.2, 0.25) is 0 Å². The number of rotatable bonds is 9. The minimum absolute atomic E-state index is 0.0321. The molecule has 0 aliphatic carbocycles. The van der Waals surface area contributed by atoms with Crippen LogP contribution in [0.4, 0.5) is 4.39 Å². The summed E-state index contributed by atoms with van der Waals surface area (Å²) in [7, 11) is -5.62. The van der Waals surface area contributed by atoms with Crippen molar-refractivity contribution in [1.82, 2.24) is 4.72 Å². The Kier molecular flexibility index (Phi) is 6.68. The van der Waals surface area contributed by atoms with Crippen LogP contribution < -0.4 is 14.2 Å². The second-order valence-corrected chi connectivity index (χ2v) is 10.2. The van der Waals surface area contributed by atoms with Gasteiger partial charge < -0.3 is 13.9 Å². The normalized spacial score (nSPS) is 13.0. The van der Waals surface area contributed by atoms with Gasteiger partial charge in [-0.1, -0.05) is 0 Å². The lowest BCUT2D eigenvalue weighted by Gasteiger charge is -2.18. The van der Waals surface area contributed by atoms with Crippen molar-refractivity contribution in [3.05, 3.63) is 72.4 Å². The molecular weight excluding hydrogens is 449 g/mol. The highest BCUT2D eigenvalue weighted by Crippen LogP contribution is 2.31. The van der Waals surface area contributed by atoms with E-state index < -0.39 is 37.5 Å². The highest BCUT2D eigenvalue weighted by molar-refractivity contribution is 7.92. The molecule has 166 valence electrons. The Hall–Kier alpha value is -2.89. The van der Waals surface area contributed by atoms with Gasteiger partial charge in [0, 0.05) is 12.6 Å². The highest BCUT2D eigenvalue weighted by Gasteiger charge is 2.33. The fourth-order valence-corrected chi connectivity index (χ4v) is 5.80. The van der Waals surface area contributed by atoms with Crippen LogP contribution in [0.3, 0.4) is 0 Å². The van der Waals surface area contributed by atoms with Crippen molar-refractivity contribution in [1.29, 1.82) is 0 Å². The summed E-state index contributed by atoms with van der Waals surface area (Å²) in [5, 5.41) is -1.39. The lowest BCUT2D eigenvalue weighted by molar-refractivity contribution is 0.392. The number of benzene rings is 2. The van der Waals surface area contributed by atoms with Crippen molar-refractivity contribution < 1.29 is 35.1 Å². The SMILES string of the molecule is COc1ccc(OC)c(S(=O)(=O)NC[C@H](c2ccco2)S(=O)(=O)c2ccc(F)cc2)c1. The predicted octanol–water partition coefficient (Wildman–Crippen LogP) is 2.93. The molecule has 0 amide bonds. The van der Waals surface area contributed by atoms with Gasteiger partial charge in [0.05, 0.1) is 25.4 Å². The van der Waals surface area contributed by atoms with Gasteiger partial charge in [0.2, 0.25) is 10.0 Å². The Morgan fingerprint density at radius 2 is 1.71 bits per heavy atom. The molecule has 0 unspecified atom stereocenters. The maximum atomic E-state index is 13.2. The van der Waals surface area contributed by atoms with Crippen molar-refractivity contribution >= 4 is 19.9 Å². The summed E-state index contributed by atoms with van der Waals surface area (Å²) >= 11 is 0. The van der Waals surface area contributed by atoms with E-state index in [1.165, 1.54) is 50.8 Å². The minimum Gasteiger partial charge on any atom is -0.497 e. The molecule has 0 spiro atoms. The highest BCUT2D eigenvalue weighted by atomic mass is 32.2. The Bertz CT molecular complexity index is 1240. The fraction of sp³-hybridized carbons (Fsp3) is 0.200. The van der Waals surface area contributed by atoms with Gasteiger partial charge in [-0.25, -0.2) is 25.9 Å². The van der Waals surface area contributed by atoms with E-state index in [9.17, 15) is 21.2 Å². The Balaban J connectivity index is 1.96. The molecule has 2 aromatic carbocycles. The second-order valence-electron chi connectivity index (χ2n) is 6.37. The molecule has 0 saturated carbocycles. The maximum Gasteiger partial charge on any atom is 0.244 e. The van der Waals surface area contributed by atoms with E-state index in [1.54, 1.807) is 0 Å². The van der Waals surface area contributed by atoms with Crippen molar-refractivity contribution in [2.75, 3.05) is 20.8 Å². The zero-order chi connectivity index (χ0) is 22.6. The van der Waals surface area contributed by atoms with E-state index in [0.29, 0.717) is 0 Å². The monoisotopic (exact) mass is 469 g/mol. The molecule has 3 aromatic rings. The lowest BCUT2D eigenvalue weighted by Crippen LogP contribution is -2.32. The molecule has 0 radical (unpaired) electrons. The molecule has 0 aliphatic rings. The number of sulfonamides is 1. The largest absolute Gasteiger partial charge is 0.497 e. The zero-order valence-corrected chi connectivity index (χ0v) is 18.2. The summed E-state index contributed by atoms with van der Waals surface area (Å²) in [4.78, 5) is -0.389. The molecule has 1 heterocycles. The van der Waals surface area contributed by atoms with Crippen LogP contribution in [0, 0.1) is 5.82 Å². The number of methoxy groups -OCH3 is 2. The number of furan rings is 1. The molecule has 11 heteroatoms. The van der Waals surface area contributed by atoms with Gasteiger partial charge in [0.15, 0.2) is 9.84 Å². The van der Waals surface area contributed by atoms with E-state index in [4.69, 9.17) is 13.9 Å². The Labute approximate surface area is 179 Å². The van der Waals surface area contributed by atoms with E-state index in [2.05, 4.69) is 4.72 Å². The summed E-state index contributed by atoms with van der Waals surface area (Å²) in [6.45, 7) is -0.532. The van der Waals surface area contributed by atoms with Gasteiger partial charge in [0.1, 0.15) is 33.2 Å². The Morgan fingerprint density at radius 1 is 1.00 bits per heavy atom. The molecule has 1 atom stereocenters. The summed E-state index contributed by atoms with van der Waals surface area (Å²) in [5.74, 6) is -0.226. The predicted molar refractivity (Wildman–Crippen MR) is 110 cm³/mol. The van der Waals surface area contributed by atoms with Crippen LogP contribution >= 0.6 is 0 Å². The standard InChI is InChI=1S/C20H20FNO7S2/c1-27-15-7-10-17(28-2)19(12-15)31(25,26)22-13-20(18-4-3-11-29-18)30(23,24)16-8-5-14(21)6-9-16/h3-12,20,22H,13H2,1-2H3/t20-/m1/s1. The van der Waals surface area contributed by atoms with Gasteiger partial charge in [-0.15, -0.1) is 0 Å². The first-order valence-electron chi connectivity index (χ1n) is 8.93.